The van der Waals surface area contributed by atoms with Gasteiger partial charge in [-0.3, -0.25) is 0 Å². The summed E-state index contributed by atoms with van der Waals surface area (Å²) in [4.78, 5) is 2.52. The van der Waals surface area contributed by atoms with Crippen LogP contribution in [0.25, 0.3) is 0 Å². The monoisotopic (exact) mass is 309 g/mol. The van der Waals surface area contributed by atoms with Crippen molar-refractivity contribution < 1.29 is 9.47 Å². The molecule has 0 N–H and O–H groups in total. The van der Waals surface area contributed by atoms with Gasteiger partial charge in [0, 0.05) is 24.8 Å². The lowest BCUT2D eigenvalue weighted by Gasteiger charge is -2.45. The number of piperidine rings is 1. The molecule has 2 bridgehead atoms. The molecule has 0 unspecified atom stereocenters. The number of ether oxygens (including phenoxy) is 2. The van der Waals surface area contributed by atoms with Gasteiger partial charge in [-0.2, -0.15) is 0 Å². The van der Waals surface area contributed by atoms with E-state index in [4.69, 9.17) is 9.47 Å². The number of hydrogen-bond donors (Lipinski definition) is 0. The number of hydrogen-bond acceptors (Lipinski definition) is 3. The summed E-state index contributed by atoms with van der Waals surface area (Å²) in [5, 5.41) is 0. The van der Waals surface area contributed by atoms with Gasteiger partial charge in [-0.1, -0.05) is 30.3 Å². The maximum Gasteiger partial charge on any atom is 0.162 e. The molecule has 3 heteroatoms. The van der Waals surface area contributed by atoms with Crippen molar-refractivity contribution in [3.05, 3.63) is 53.6 Å². The van der Waals surface area contributed by atoms with Crippen LogP contribution in [0.15, 0.2) is 42.5 Å². The number of anilines is 1. The van der Waals surface area contributed by atoms with Crippen molar-refractivity contribution in [3.8, 4) is 11.5 Å². The average molecular weight is 309 g/mol. The van der Waals surface area contributed by atoms with Crippen LogP contribution in [-0.2, 0) is 6.42 Å². The van der Waals surface area contributed by atoms with E-state index in [-0.39, 0.29) is 0 Å². The quantitative estimate of drug-likeness (QED) is 0.859. The number of benzene rings is 2. The molecule has 2 heterocycles. The molecule has 0 saturated carbocycles. The molecule has 0 aromatic heterocycles. The number of nitrogens with zero attached hydrogens (tertiary/aromatic N) is 1. The van der Waals surface area contributed by atoms with Crippen LogP contribution < -0.4 is 14.4 Å². The van der Waals surface area contributed by atoms with E-state index in [9.17, 15) is 0 Å². The molecule has 2 atom stereocenters. The molecule has 120 valence electrons. The normalized spacial score (nSPS) is 22.4. The molecule has 0 radical (unpaired) electrons. The molecule has 0 amide bonds. The molecule has 2 aromatic rings. The second-order valence-corrected chi connectivity index (χ2v) is 6.55. The molecular formula is C20H23NO2. The summed E-state index contributed by atoms with van der Waals surface area (Å²) < 4.78 is 11.0. The van der Waals surface area contributed by atoms with Gasteiger partial charge in [-0.05, 0) is 41.9 Å². The summed E-state index contributed by atoms with van der Waals surface area (Å²) >= 11 is 0. The Bertz CT molecular complexity index is 698. The first kappa shape index (κ1) is 14.4. The molecular weight excluding hydrogens is 286 g/mol. The van der Waals surface area contributed by atoms with Gasteiger partial charge >= 0.3 is 0 Å². The minimum atomic E-state index is 0.661. The topological polar surface area (TPSA) is 21.7 Å². The summed E-state index contributed by atoms with van der Waals surface area (Å²) in [6.45, 7) is 2.25. The van der Waals surface area contributed by atoms with E-state index in [0.29, 0.717) is 11.8 Å². The average Bonchev–Trinajstić information content (AvgIpc) is 2.61. The number of rotatable bonds is 3. The van der Waals surface area contributed by atoms with Gasteiger partial charge in [-0.15, -0.1) is 0 Å². The summed E-state index contributed by atoms with van der Waals surface area (Å²) in [5.41, 5.74) is 4.20. The van der Waals surface area contributed by atoms with Crippen molar-refractivity contribution in [2.75, 3.05) is 32.2 Å². The Morgan fingerprint density at radius 2 is 1.74 bits per heavy atom. The van der Waals surface area contributed by atoms with Crippen LogP contribution in [0.5, 0.6) is 11.5 Å². The summed E-state index contributed by atoms with van der Waals surface area (Å²) in [7, 11) is 3.42. The fourth-order valence-electron chi connectivity index (χ4n) is 4.25. The highest BCUT2D eigenvalue weighted by Crippen LogP contribution is 2.45. The van der Waals surface area contributed by atoms with E-state index in [1.807, 2.05) is 0 Å². The molecule has 23 heavy (non-hydrogen) atoms. The van der Waals surface area contributed by atoms with Gasteiger partial charge in [0.05, 0.1) is 14.2 Å². The second-order valence-electron chi connectivity index (χ2n) is 6.55. The van der Waals surface area contributed by atoms with Gasteiger partial charge < -0.3 is 14.4 Å². The molecule has 1 fully saturated rings. The molecule has 4 rings (SSSR count). The third kappa shape index (κ3) is 2.44. The van der Waals surface area contributed by atoms with Crippen molar-refractivity contribution in [2.45, 2.75) is 18.8 Å². The van der Waals surface area contributed by atoms with Crippen LogP contribution >= 0.6 is 0 Å². The first-order valence-corrected chi connectivity index (χ1v) is 8.35. The molecule has 2 aliphatic rings. The maximum atomic E-state index is 5.49. The highest BCUT2D eigenvalue weighted by atomic mass is 16.5. The Kier molecular flexibility index (Phi) is 3.64. The highest BCUT2D eigenvalue weighted by Gasteiger charge is 2.36. The van der Waals surface area contributed by atoms with Crippen molar-refractivity contribution in [2.24, 2.45) is 5.92 Å². The van der Waals surface area contributed by atoms with Crippen LogP contribution in [0.1, 0.15) is 23.5 Å². The summed E-state index contributed by atoms with van der Waals surface area (Å²) in [5.74, 6) is 3.00. The standard InChI is InChI=1S/C20H23NO2/c1-22-19-11-15-10-16-13-21(18(15)12-20(19)23-2)9-8-17(16)14-6-4-3-5-7-14/h3-7,11-12,16-17H,8-10,13H2,1-2H3/t16-,17-/m0/s1. The predicted molar refractivity (Wildman–Crippen MR) is 92.8 cm³/mol. The van der Waals surface area contributed by atoms with Crippen molar-refractivity contribution in [3.63, 3.8) is 0 Å². The summed E-state index contributed by atoms with van der Waals surface area (Å²) in [6.07, 6.45) is 2.34. The Labute approximate surface area is 137 Å². The van der Waals surface area contributed by atoms with Gasteiger partial charge in [0.15, 0.2) is 11.5 Å². The third-order valence-electron chi connectivity index (χ3n) is 5.37. The first-order valence-electron chi connectivity index (χ1n) is 8.35. The van der Waals surface area contributed by atoms with Crippen molar-refractivity contribution in [1.29, 1.82) is 0 Å². The number of methoxy groups -OCH3 is 2. The Morgan fingerprint density at radius 1 is 1.00 bits per heavy atom. The molecule has 2 aliphatic heterocycles. The van der Waals surface area contributed by atoms with Crippen LogP contribution in [0, 0.1) is 5.92 Å². The lowest BCUT2D eigenvalue weighted by molar-refractivity contribution is 0.333. The first-order chi connectivity index (χ1) is 11.3. The van der Waals surface area contributed by atoms with Crippen molar-refractivity contribution in [1.82, 2.24) is 0 Å². The van der Waals surface area contributed by atoms with E-state index in [2.05, 4.69) is 47.4 Å². The Balaban J connectivity index is 1.69. The minimum Gasteiger partial charge on any atom is -0.493 e. The van der Waals surface area contributed by atoms with E-state index in [0.717, 1.165) is 31.0 Å². The van der Waals surface area contributed by atoms with Crippen LogP contribution in [0.4, 0.5) is 5.69 Å². The zero-order valence-electron chi connectivity index (χ0n) is 13.8. The van der Waals surface area contributed by atoms with Crippen molar-refractivity contribution >= 4 is 5.69 Å². The van der Waals surface area contributed by atoms with Gasteiger partial charge in [0.25, 0.3) is 0 Å². The van der Waals surface area contributed by atoms with Crippen LogP contribution in [-0.4, -0.2) is 27.3 Å². The van der Waals surface area contributed by atoms with E-state index >= 15 is 0 Å². The van der Waals surface area contributed by atoms with E-state index in [1.165, 1.54) is 23.2 Å². The van der Waals surface area contributed by atoms with Gasteiger partial charge in [0.2, 0.25) is 0 Å². The lowest BCUT2D eigenvalue weighted by Crippen LogP contribution is -2.44. The molecule has 0 aliphatic carbocycles. The molecule has 0 spiro atoms. The Hall–Kier alpha value is -2.16. The molecule has 3 nitrogen and oxygen atoms in total. The minimum absolute atomic E-state index is 0.661. The third-order valence-corrected chi connectivity index (χ3v) is 5.37. The largest absolute Gasteiger partial charge is 0.493 e. The Morgan fingerprint density at radius 3 is 2.48 bits per heavy atom. The number of fused-ring (bicyclic) bond motifs is 4. The van der Waals surface area contributed by atoms with Crippen LogP contribution in [0.3, 0.4) is 0 Å². The molecule has 2 aromatic carbocycles. The second kappa shape index (κ2) is 5.80. The fourth-order valence-corrected chi connectivity index (χ4v) is 4.25. The van der Waals surface area contributed by atoms with E-state index < -0.39 is 0 Å². The molecule has 1 saturated heterocycles. The SMILES string of the molecule is COc1cc2c(cc1OC)N1CC[C@@H](c3ccccc3)[C@@H](C2)C1. The zero-order chi connectivity index (χ0) is 15.8. The zero-order valence-corrected chi connectivity index (χ0v) is 13.8. The fraction of sp³-hybridized carbons (Fsp3) is 0.400. The van der Waals surface area contributed by atoms with E-state index in [1.54, 1.807) is 14.2 Å². The highest BCUT2D eigenvalue weighted by molar-refractivity contribution is 5.64. The summed E-state index contributed by atoms with van der Waals surface area (Å²) in [6, 6.07) is 15.3. The lowest BCUT2D eigenvalue weighted by atomic mass is 9.74. The maximum absolute atomic E-state index is 5.49. The van der Waals surface area contributed by atoms with Gasteiger partial charge in [-0.25, -0.2) is 0 Å². The van der Waals surface area contributed by atoms with Crippen LogP contribution in [0.2, 0.25) is 0 Å². The smallest absolute Gasteiger partial charge is 0.162 e. The van der Waals surface area contributed by atoms with Gasteiger partial charge in [0.1, 0.15) is 0 Å². The predicted octanol–water partition coefficient (Wildman–Crippen LogP) is 3.87.